The van der Waals surface area contributed by atoms with Crippen molar-refractivity contribution in [3.63, 3.8) is 0 Å². The molecule has 0 aliphatic heterocycles. The first-order valence-electron chi connectivity index (χ1n) is 1.08. The largest absolute Gasteiger partial charge is 1.00 e. The Bertz CT molecular complexity index is 81.7. The van der Waals surface area contributed by atoms with Gasteiger partial charge in [0.2, 0.25) is 0 Å². The van der Waals surface area contributed by atoms with Gasteiger partial charge in [-0.05, 0) is 0 Å². The molecule has 0 aliphatic rings. The summed E-state index contributed by atoms with van der Waals surface area (Å²) in [7, 11) is 0. The van der Waals surface area contributed by atoms with Crippen molar-refractivity contribution in [2.24, 2.45) is 5.73 Å². The second kappa shape index (κ2) is 4.73. The molecule has 3 N–H and O–H groups in total. The molecule has 0 aromatic rings. The average molecular weight is 130 g/mol. The van der Waals surface area contributed by atoms with Gasteiger partial charge in [-0.15, -0.1) is 0 Å². The van der Waals surface area contributed by atoms with Crippen molar-refractivity contribution >= 4 is 16.2 Å². The topological polar surface area (TPSA) is 90.0 Å². The number of rotatable bonds is 0. The van der Waals surface area contributed by atoms with Crippen molar-refractivity contribution in [1.82, 2.24) is 0 Å². The summed E-state index contributed by atoms with van der Waals surface area (Å²) in [5.41, 5.74) is 4.41. The van der Waals surface area contributed by atoms with E-state index in [0.29, 0.717) is 0 Å². The molecule has 6 heteroatoms. The van der Waals surface area contributed by atoms with Gasteiger partial charge in [-0.2, -0.15) is 0 Å². The van der Waals surface area contributed by atoms with Gasteiger partial charge in [0, 0.05) is 11.1 Å². The van der Waals surface area contributed by atoms with E-state index in [2.05, 4.69) is 5.73 Å². The summed E-state index contributed by atoms with van der Waals surface area (Å²) in [4.78, 5) is 0. The minimum absolute atomic E-state index is 0. The zero-order valence-corrected chi connectivity index (χ0v) is 6.62. The van der Waals surface area contributed by atoms with Crippen LogP contribution in [0.1, 0.15) is 0 Å². The van der Waals surface area contributed by atoms with Crippen molar-refractivity contribution < 1.29 is 38.3 Å². The molecule has 0 aromatic heterocycles. The van der Waals surface area contributed by atoms with Crippen LogP contribution in [0.4, 0.5) is 0 Å². The molecule has 1 unspecified atom stereocenters. The van der Waals surface area contributed by atoms with Crippen LogP contribution in [0.5, 0.6) is 0 Å². The Kier molecular flexibility index (Phi) is 7.13. The molecule has 0 rings (SSSR count). The van der Waals surface area contributed by atoms with Crippen molar-refractivity contribution in [2.75, 3.05) is 0 Å². The zero-order valence-electron chi connectivity index (χ0n) is 3.80. The van der Waals surface area contributed by atoms with Gasteiger partial charge in [-0.25, -0.2) is 0 Å². The predicted molar refractivity (Wildman–Crippen MR) is 20.8 cm³/mol. The van der Waals surface area contributed by atoms with E-state index in [-0.39, 0.29) is 29.6 Å². The monoisotopic (exact) mass is 130 g/mol. The molecule has 0 radical (unpaired) electrons. The molecule has 0 saturated heterocycles. The second-order valence-corrected chi connectivity index (χ2v) is 1.51. The Morgan fingerprint density at radius 2 is 2.00 bits per heavy atom. The Balaban J connectivity index is 0. The van der Waals surface area contributed by atoms with Gasteiger partial charge in [-0.3, -0.25) is 9.62 Å². The van der Waals surface area contributed by atoms with Crippen molar-refractivity contribution in [1.29, 1.82) is 5.41 Å². The SMILES string of the molecule is N=C(N)S(=O)[O-].[Na+]. The standard InChI is InChI=1S/CH4N2O2S.Na/c2-1(3)6(4)5;/h(H3,2,3)(H,4,5);/q;+1/p-1. The van der Waals surface area contributed by atoms with Crippen LogP contribution >= 0.6 is 0 Å². The second-order valence-electron chi connectivity index (χ2n) is 0.599. The van der Waals surface area contributed by atoms with Gasteiger partial charge in [-0.1, -0.05) is 0 Å². The molecular weight excluding hydrogens is 127 g/mol. The maximum atomic E-state index is 9.35. The third-order valence-electron chi connectivity index (χ3n) is 0.180. The molecule has 1 atom stereocenters. The van der Waals surface area contributed by atoms with Crippen LogP contribution in [0.25, 0.3) is 0 Å². The normalized spacial score (nSPS) is 11.6. The number of hydrogen-bond donors (Lipinski definition) is 2. The summed E-state index contributed by atoms with van der Waals surface area (Å²) in [5, 5.41) is 5.29. The molecule has 36 valence electrons. The van der Waals surface area contributed by atoms with E-state index in [1.54, 1.807) is 0 Å². The number of amidine groups is 1. The summed E-state index contributed by atoms with van der Waals surface area (Å²) in [6.45, 7) is 0. The van der Waals surface area contributed by atoms with Gasteiger partial charge in [0.1, 0.15) is 0 Å². The van der Waals surface area contributed by atoms with Gasteiger partial charge in [0.15, 0.2) is 5.17 Å². The van der Waals surface area contributed by atoms with Crippen molar-refractivity contribution in [3.05, 3.63) is 0 Å². The maximum absolute atomic E-state index is 9.35. The molecular formula is CH3N2NaO2S. The van der Waals surface area contributed by atoms with Crippen LogP contribution in [0.15, 0.2) is 0 Å². The molecule has 7 heavy (non-hydrogen) atoms. The molecule has 0 bridgehead atoms. The Morgan fingerprint density at radius 1 is 1.86 bits per heavy atom. The fourth-order valence-corrected chi connectivity index (χ4v) is 0. The van der Waals surface area contributed by atoms with E-state index < -0.39 is 16.2 Å². The molecule has 0 aliphatic carbocycles. The predicted octanol–water partition coefficient (Wildman–Crippen LogP) is -4.24. The Labute approximate surface area is 65.6 Å². The van der Waals surface area contributed by atoms with Crippen LogP contribution in [0.2, 0.25) is 0 Å². The van der Waals surface area contributed by atoms with Gasteiger partial charge < -0.3 is 10.3 Å². The smallest absolute Gasteiger partial charge is 0.766 e. The minimum atomic E-state index is -2.51. The summed E-state index contributed by atoms with van der Waals surface area (Å²) in [6.07, 6.45) is 0. The fourth-order valence-electron chi connectivity index (χ4n) is 0. The molecule has 0 aromatic carbocycles. The number of nitrogens with two attached hydrogens (primary N) is 1. The van der Waals surface area contributed by atoms with Crippen LogP contribution in [0.3, 0.4) is 0 Å². The summed E-state index contributed by atoms with van der Waals surface area (Å²) in [6, 6.07) is 0. The maximum Gasteiger partial charge on any atom is 1.00 e. The number of hydrogen-bond acceptors (Lipinski definition) is 3. The van der Waals surface area contributed by atoms with Gasteiger partial charge >= 0.3 is 29.6 Å². The first-order valence-corrected chi connectivity index (χ1v) is 2.15. The molecule has 0 amide bonds. The van der Waals surface area contributed by atoms with E-state index >= 15 is 0 Å². The van der Waals surface area contributed by atoms with E-state index in [9.17, 15) is 8.76 Å². The zero-order chi connectivity index (χ0) is 5.15. The average Bonchev–Trinajstić information content (AvgIpc) is 1.36. The Morgan fingerprint density at radius 3 is 2.00 bits per heavy atom. The first kappa shape index (κ1) is 10.5. The van der Waals surface area contributed by atoms with E-state index in [0.717, 1.165) is 0 Å². The van der Waals surface area contributed by atoms with Crippen LogP contribution in [-0.2, 0) is 11.1 Å². The first-order chi connectivity index (χ1) is 2.64. The van der Waals surface area contributed by atoms with Crippen molar-refractivity contribution in [2.45, 2.75) is 0 Å². The summed E-state index contributed by atoms with van der Waals surface area (Å²) < 4.78 is 18.7. The molecule has 0 spiro atoms. The summed E-state index contributed by atoms with van der Waals surface area (Å²) >= 11 is -2.51. The number of nitrogens with one attached hydrogen (secondary N) is 1. The van der Waals surface area contributed by atoms with Gasteiger partial charge in [0.05, 0.1) is 0 Å². The third kappa shape index (κ3) is 6.58. The quantitative estimate of drug-likeness (QED) is 0.151. The fraction of sp³-hybridized carbons (Fsp3) is 0. The molecule has 0 heterocycles. The molecule has 0 fully saturated rings. The Hall–Kier alpha value is 0.580. The van der Waals surface area contributed by atoms with Gasteiger partial charge in [0.25, 0.3) is 0 Å². The van der Waals surface area contributed by atoms with Crippen LogP contribution in [0, 0.1) is 5.41 Å². The van der Waals surface area contributed by atoms with E-state index in [1.165, 1.54) is 0 Å². The minimum Gasteiger partial charge on any atom is -0.766 e. The third-order valence-corrected chi connectivity index (χ3v) is 0.539. The van der Waals surface area contributed by atoms with E-state index in [1.807, 2.05) is 0 Å². The van der Waals surface area contributed by atoms with Crippen molar-refractivity contribution in [3.8, 4) is 0 Å². The molecule has 0 saturated carbocycles. The van der Waals surface area contributed by atoms with Crippen LogP contribution < -0.4 is 35.3 Å². The summed E-state index contributed by atoms with van der Waals surface area (Å²) in [5.74, 6) is 0. The van der Waals surface area contributed by atoms with Crippen LogP contribution in [-0.4, -0.2) is 13.9 Å². The van der Waals surface area contributed by atoms with E-state index in [4.69, 9.17) is 5.41 Å². The molecule has 4 nitrogen and oxygen atoms in total.